The molecule has 0 radical (unpaired) electrons. The third kappa shape index (κ3) is 6.17. The molecule has 1 N–H and O–H groups in total. The van der Waals surface area contributed by atoms with Crippen molar-refractivity contribution in [2.75, 3.05) is 31.1 Å². The molecule has 1 aliphatic heterocycles. The smallest absolute Gasteiger partial charge is 0.341 e. The summed E-state index contributed by atoms with van der Waals surface area (Å²) in [4.78, 5) is 41.4. The first-order valence-corrected chi connectivity index (χ1v) is 15.1. The Kier molecular flexibility index (Phi) is 8.73. The Morgan fingerprint density at radius 3 is 2.15 bits per heavy atom. The number of carboxylic acids is 1. The van der Waals surface area contributed by atoms with Gasteiger partial charge >= 0.3 is 5.97 Å². The molecule has 10 heteroatoms. The van der Waals surface area contributed by atoms with Gasteiger partial charge in [0.15, 0.2) is 18.9 Å². The lowest BCUT2D eigenvalue weighted by atomic mass is 10.0. The second-order valence-corrected chi connectivity index (χ2v) is 11.7. The number of hydrogen-bond acceptors (Lipinski definition) is 4. The van der Waals surface area contributed by atoms with E-state index in [-0.39, 0.29) is 39.9 Å². The van der Waals surface area contributed by atoms with Gasteiger partial charge in [0, 0.05) is 61.5 Å². The normalized spacial score (nSPS) is 14.6. The Labute approximate surface area is 275 Å². The molecule has 2 aliphatic rings. The number of aromatic carboxylic acids is 1. The quantitative estimate of drug-likeness (QED) is 0.266. The predicted molar refractivity (Wildman–Crippen MR) is 169 cm³/mol. The first kappa shape index (κ1) is 31.2. The minimum absolute atomic E-state index is 0. The Morgan fingerprint density at radius 1 is 0.870 bits per heavy atom. The standard InChI is InChI=1S/C36H31FN4O4.BrH/c37-31-20-29-32(41(28-10-11-28)23-30(34(29)42)36(44)45)21-33(31)39-16-18-40(19-17-39)35(43)27-12-14-38(15-13-27)22-24-6-8-26(9-7-24)25-4-2-1-3-5-25;/h1-9,12-15,20-21,23,28H,10-11,16-19,22H2;1H. The number of piperazine rings is 1. The summed E-state index contributed by atoms with van der Waals surface area (Å²) in [5.41, 5.74) is 3.96. The molecule has 0 bridgehead atoms. The monoisotopic (exact) mass is 682 g/mol. The van der Waals surface area contributed by atoms with Crippen molar-refractivity contribution in [3.05, 3.63) is 130 Å². The van der Waals surface area contributed by atoms with Crippen LogP contribution in [0, 0.1) is 5.82 Å². The van der Waals surface area contributed by atoms with Gasteiger partial charge in [-0.15, -0.1) is 0 Å². The van der Waals surface area contributed by atoms with Crippen molar-refractivity contribution < 1.29 is 40.6 Å². The molecule has 1 saturated carbocycles. The highest BCUT2D eigenvalue weighted by atomic mass is 79.9. The molecule has 0 spiro atoms. The van der Waals surface area contributed by atoms with Crippen LogP contribution in [0.2, 0.25) is 0 Å². The number of benzene rings is 3. The van der Waals surface area contributed by atoms with E-state index in [1.165, 1.54) is 17.3 Å². The lowest BCUT2D eigenvalue weighted by molar-refractivity contribution is -0.688. The van der Waals surface area contributed by atoms with Crippen LogP contribution in [-0.2, 0) is 6.54 Å². The molecule has 2 aromatic heterocycles. The molecule has 1 aliphatic carbocycles. The highest BCUT2D eigenvalue weighted by Crippen LogP contribution is 2.38. The van der Waals surface area contributed by atoms with Gasteiger partial charge in [0.2, 0.25) is 5.43 Å². The van der Waals surface area contributed by atoms with Crippen LogP contribution in [0.1, 0.15) is 45.2 Å². The molecular formula is C36H32BrFN4O4. The fraction of sp³-hybridized carbons (Fsp3) is 0.222. The lowest BCUT2D eigenvalue weighted by Gasteiger charge is -2.36. The number of aromatic nitrogens is 2. The lowest BCUT2D eigenvalue weighted by Crippen LogP contribution is -3.00. The first-order chi connectivity index (χ1) is 21.9. The second-order valence-electron chi connectivity index (χ2n) is 11.7. The van der Waals surface area contributed by atoms with Gasteiger partial charge in [-0.05, 0) is 36.1 Å². The van der Waals surface area contributed by atoms with Crippen molar-refractivity contribution >= 4 is 28.5 Å². The zero-order chi connectivity index (χ0) is 31.1. The minimum Gasteiger partial charge on any atom is -1.00 e. The topological polar surface area (TPSA) is 86.7 Å². The van der Waals surface area contributed by atoms with Crippen LogP contribution in [0.5, 0.6) is 0 Å². The van der Waals surface area contributed by atoms with Crippen LogP contribution in [-0.4, -0.2) is 52.6 Å². The maximum absolute atomic E-state index is 15.4. The van der Waals surface area contributed by atoms with Crippen molar-refractivity contribution in [3.63, 3.8) is 0 Å². The molecule has 46 heavy (non-hydrogen) atoms. The molecule has 3 heterocycles. The molecule has 1 saturated heterocycles. The summed E-state index contributed by atoms with van der Waals surface area (Å²) in [6, 6.07) is 25.3. The maximum Gasteiger partial charge on any atom is 0.341 e. The summed E-state index contributed by atoms with van der Waals surface area (Å²) < 4.78 is 19.2. The average molecular weight is 684 g/mol. The summed E-state index contributed by atoms with van der Waals surface area (Å²) >= 11 is 0. The molecule has 7 rings (SSSR count). The zero-order valence-electron chi connectivity index (χ0n) is 25.0. The minimum atomic E-state index is -1.32. The van der Waals surface area contributed by atoms with E-state index in [4.69, 9.17) is 0 Å². The highest BCUT2D eigenvalue weighted by Gasteiger charge is 2.29. The van der Waals surface area contributed by atoms with E-state index in [9.17, 15) is 19.5 Å². The third-order valence-electron chi connectivity index (χ3n) is 8.74. The summed E-state index contributed by atoms with van der Waals surface area (Å²) in [6.07, 6.45) is 6.97. The van der Waals surface area contributed by atoms with Crippen LogP contribution < -0.4 is 31.9 Å². The third-order valence-corrected chi connectivity index (χ3v) is 8.74. The number of nitrogens with zero attached hydrogens (tertiary/aromatic N) is 4. The molecule has 3 aromatic carbocycles. The van der Waals surface area contributed by atoms with Crippen LogP contribution >= 0.6 is 0 Å². The van der Waals surface area contributed by atoms with Crippen LogP contribution in [0.25, 0.3) is 22.0 Å². The van der Waals surface area contributed by atoms with Gasteiger partial charge in [-0.25, -0.2) is 13.8 Å². The summed E-state index contributed by atoms with van der Waals surface area (Å²) in [7, 11) is 0. The number of carbonyl (C=O) groups excluding carboxylic acids is 1. The maximum atomic E-state index is 15.4. The molecule has 0 unspecified atom stereocenters. The van der Waals surface area contributed by atoms with Crippen molar-refractivity contribution in [1.82, 2.24) is 9.47 Å². The Hall–Kier alpha value is -4.83. The fourth-order valence-electron chi connectivity index (χ4n) is 6.09. The molecule has 1 amide bonds. The Balaban J connectivity index is 0.00000372. The van der Waals surface area contributed by atoms with E-state index >= 15 is 4.39 Å². The van der Waals surface area contributed by atoms with Crippen molar-refractivity contribution in [1.29, 1.82) is 0 Å². The summed E-state index contributed by atoms with van der Waals surface area (Å²) in [5.74, 6) is -1.97. The molecule has 8 nitrogen and oxygen atoms in total. The van der Waals surface area contributed by atoms with E-state index in [1.54, 1.807) is 15.5 Å². The highest BCUT2D eigenvalue weighted by molar-refractivity contribution is 5.95. The number of carbonyl (C=O) groups is 2. The van der Waals surface area contributed by atoms with Crippen LogP contribution in [0.3, 0.4) is 0 Å². The average Bonchev–Trinajstić information content (AvgIpc) is 3.91. The Morgan fingerprint density at radius 2 is 1.52 bits per heavy atom. The zero-order valence-corrected chi connectivity index (χ0v) is 26.6. The predicted octanol–water partition coefficient (Wildman–Crippen LogP) is 2.14. The van der Waals surface area contributed by atoms with E-state index < -0.39 is 17.2 Å². The fourth-order valence-corrected chi connectivity index (χ4v) is 6.09. The number of rotatable bonds is 7. The summed E-state index contributed by atoms with van der Waals surface area (Å²) in [5, 5.41) is 9.57. The van der Waals surface area contributed by atoms with Crippen LogP contribution in [0.15, 0.2) is 102 Å². The molecular weight excluding hydrogens is 651 g/mol. The summed E-state index contributed by atoms with van der Waals surface area (Å²) in [6.45, 7) is 2.39. The van der Waals surface area contributed by atoms with Crippen molar-refractivity contribution in [2.45, 2.75) is 25.4 Å². The number of fused-ring (bicyclic) bond motifs is 1. The van der Waals surface area contributed by atoms with Gasteiger partial charge in [0.1, 0.15) is 11.4 Å². The van der Waals surface area contributed by atoms with Gasteiger partial charge in [-0.3, -0.25) is 9.59 Å². The number of anilines is 1. The number of amides is 1. The largest absolute Gasteiger partial charge is 1.00 e. The first-order valence-electron chi connectivity index (χ1n) is 15.1. The van der Waals surface area contributed by atoms with E-state index in [0.717, 1.165) is 24.5 Å². The molecule has 2 fully saturated rings. The van der Waals surface area contributed by atoms with Gasteiger partial charge in [-0.1, -0.05) is 54.6 Å². The molecule has 5 aromatic rings. The van der Waals surface area contributed by atoms with E-state index in [1.807, 2.05) is 52.2 Å². The number of halogens is 2. The second kappa shape index (κ2) is 12.9. The molecule has 234 valence electrons. The van der Waals surface area contributed by atoms with Gasteiger partial charge in [-0.2, -0.15) is 0 Å². The van der Waals surface area contributed by atoms with E-state index in [0.29, 0.717) is 49.5 Å². The van der Waals surface area contributed by atoms with Crippen molar-refractivity contribution in [2.24, 2.45) is 0 Å². The van der Waals surface area contributed by atoms with Crippen molar-refractivity contribution in [3.8, 4) is 11.1 Å². The number of carboxylic acid groups (broad SMARTS) is 1. The number of pyridine rings is 2. The molecule has 0 atom stereocenters. The van der Waals surface area contributed by atoms with Crippen LogP contribution in [0.4, 0.5) is 10.1 Å². The SMILES string of the molecule is O=C(O)c1cn(C2CC2)c2cc(N3CCN(C(=O)c4cc[n+](Cc5ccc(-c6ccccc6)cc5)cc4)CC3)c(F)cc2c1=O.[Br-]. The van der Waals surface area contributed by atoms with Gasteiger partial charge in [0.25, 0.3) is 5.91 Å². The number of hydrogen-bond donors (Lipinski definition) is 1. The van der Waals surface area contributed by atoms with Gasteiger partial charge in [0.05, 0.1) is 16.8 Å². The van der Waals surface area contributed by atoms with Gasteiger partial charge < -0.3 is 36.5 Å². The van der Waals surface area contributed by atoms with E-state index in [2.05, 4.69) is 36.4 Å². The Bertz CT molecular complexity index is 1970.